The number of aromatic hydroxyl groups is 1. The number of benzene rings is 1. The summed E-state index contributed by atoms with van der Waals surface area (Å²) in [6.07, 6.45) is 3.20. The van der Waals surface area contributed by atoms with Crippen molar-refractivity contribution in [3.8, 4) is 16.9 Å². The van der Waals surface area contributed by atoms with Gasteiger partial charge in [-0.05, 0) is 17.7 Å². The van der Waals surface area contributed by atoms with E-state index in [0.29, 0.717) is 0 Å². The monoisotopic (exact) mass is 218 g/mol. The highest BCUT2D eigenvalue weighted by atomic mass is 16.4. The fraction of sp³-hybridized carbons (Fsp3) is 0.0909. The maximum atomic E-state index is 10.5. The Morgan fingerprint density at radius 3 is 2.88 bits per heavy atom. The lowest BCUT2D eigenvalue weighted by molar-refractivity contribution is -0.137. The maximum absolute atomic E-state index is 10.5. The van der Waals surface area contributed by atoms with Gasteiger partial charge in [0.2, 0.25) is 0 Å². The number of aromatic nitrogens is 2. The molecule has 2 rings (SSSR count). The lowest BCUT2D eigenvalue weighted by Crippen LogP contribution is -2.08. The zero-order chi connectivity index (χ0) is 11.5. The Labute approximate surface area is 91.6 Å². The van der Waals surface area contributed by atoms with E-state index in [0.717, 1.165) is 11.1 Å². The van der Waals surface area contributed by atoms with Gasteiger partial charge in [0.15, 0.2) is 0 Å². The topological polar surface area (TPSA) is 75.3 Å². The molecule has 16 heavy (non-hydrogen) atoms. The first kappa shape index (κ1) is 10.2. The van der Waals surface area contributed by atoms with E-state index in [-0.39, 0.29) is 12.3 Å². The third-order valence-electron chi connectivity index (χ3n) is 2.11. The maximum Gasteiger partial charge on any atom is 0.325 e. The summed E-state index contributed by atoms with van der Waals surface area (Å²) in [6, 6.07) is 6.72. The molecule has 0 aliphatic rings. The van der Waals surface area contributed by atoms with Crippen LogP contribution in [0.3, 0.4) is 0 Å². The molecule has 0 aliphatic heterocycles. The largest absolute Gasteiger partial charge is 0.508 e. The average molecular weight is 218 g/mol. The van der Waals surface area contributed by atoms with Gasteiger partial charge in [-0.2, -0.15) is 5.10 Å². The van der Waals surface area contributed by atoms with Crippen LogP contribution in [0.2, 0.25) is 0 Å². The van der Waals surface area contributed by atoms with Crippen molar-refractivity contribution in [1.29, 1.82) is 0 Å². The molecule has 1 aromatic heterocycles. The number of phenolic OH excluding ortho intramolecular Hbond substituents is 1. The fourth-order valence-corrected chi connectivity index (χ4v) is 1.42. The second-order valence-electron chi connectivity index (χ2n) is 3.37. The minimum atomic E-state index is -0.939. The van der Waals surface area contributed by atoms with Crippen LogP contribution in [0.5, 0.6) is 5.75 Å². The summed E-state index contributed by atoms with van der Waals surface area (Å²) >= 11 is 0. The molecular formula is C11H10N2O3. The van der Waals surface area contributed by atoms with Gasteiger partial charge >= 0.3 is 5.97 Å². The van der Waals surface area contributed by atoms with E-state index in [9.17, 15) is 9.90 Å². The molecule has 1 aromatic carbocycles. The molecule has 2 N–H and O–H groups in total. The number of phenols is 1. The second kappa shape index (κ2) is 4.06. The average Bonchev–Trinajstić information content (AvgIpc) is 2.65. The number of aliphatic carboxylic acids is 1. The second-order valence-corrected chi connectivity index (χ2v) is 3.37. The third kappa shape index (κ3) is 2.20. The molecule has 0 aliphatic carbocycles. The normalized spacial score (nSPS) is 10.2. The van der Waals surface area contributed by atoms with Crippen LogP contribution in [0.15, 0.2) is 36.7 Å². The van der Waals surface area contributed by atoms with Gasteiger partial charge in [0.05, 0.1) is 6.20 Å². The lowest BCUT2D eigenvalue weighted by Gasteiger charge is -1.97. The number of hydrogen-bond acceptors (Lipinski definition) is 3. The zero-order valence-electron chi connectivity index (χ0n) is 8.37. The molecule has 5 nitrogen and oxygen atoms in total. The molecule has 0 fully saturated rings. The van der Waals surface area contributed by atoms with E-state index in [1.807, 2.05) is 6.07 Å². The van der Waals surface area contributed by atoms with Crippen LogP contribution in [0.4, 0.5) is 0 Å². The molecule has 0 radical (unpaired) electrons. The first-order valence-electron chi connectivity index (χ1n) is 4.69. The molecule has 0 bridgehead atoms. The number of hydrogen-bond donors (Lipinski definition) is 2. The lowest BCUT2D eigenvalue weighted by atomic mass is 10.1. The fourth-order valence-electron chi connectivity index (χ4n) is 1.42. The Balaban J connectivity index is 2.28. The molecule has 0 unspecified atom stereocenters. The zero-order valence-corrected chi connectivity index (χ0v) is 8.37. The summed E-state index contributed by atoms with van der Waals surface area (Å²) in [5.74, 6) is -0.769. The summed E-state index contributed by atoms with van der Waals surface area (Å²) in [4.78, 5) is 10.5. The summed E-state index contributed by atoms with van der Waals surface area (Å²) in [5, 5.41) is 21.8. The van der Waals surface area contributed by atoms with Crippen LogP contribution >= 0.6 is 0 Å². The Morgan fingerprint density at radius 2 is 2.19 bits per heavy atom. The van der Waals surface area contributed by atoms with Crippen LogP contribution in [0.25, 0.3) is 11.1 Å². The van der Waals surface area contributed by atoms with Gasteiger partial charge < -0.3 is 10.2 Å². The summed E-state index contributed by atoms with van der Waals surface area (Å²) in [7, 11) is 0. The molecule has 82 valence electrons. The Kier molecular flexibility index (Phi) is 2.59. The quantitative estimate of drug-likeness (QED) is 0.815. The van der Waals surface area contributed by atoms with E-state index >= 15 is 0 Å². The highest BCUT2D eigenvalue weighted by Crippen LogP contribution is 2.22. The van der Waals surface area contributed by atoms with Crippen LogP contribution < -0.4 is 0 Å². The molecule has 1 heterocycles. The smallest absolute Gasteiger partial charge is 0.325 e. The summed E-state index contributed by atoms with van der Waals surface area (Å²) < 4.78 is 1.34. The Hall–Kier alpha value is -2.30. The van der Waals surface area contributed by atoms with Crippen molar-refractivity contribution in [2.75, 3.05) is 0 Å². The number of rotatable bonds is 3. The van der Waals surface area contributed by atoms with Gasteiger partial charge in [0.1, 0.15) is 12.3 Å². The van der Waals surface area contributed by atoms with Crippen LogP contribution in [0, 0.1) is 0 Å². The highest BCUT2D eigenvalue weighted by Gasteiger charge is 2.04. The van der Waals surface area contributed by atoms with Crippen molar-refractivity contribution in [2.45, 2.75) is 6.54 Å². The van der Waals surface area contributed by atoms with Crippen molar-refractivity contribution in [3.05, 3.63) is 36.7 Å². The molecule has 0 spiro atoms. The van der Waals surface area contributed by atoms with Gasteiger partial charge in [0, 0.05) is 11.8 Å². The number of nitrogens with zero attached hydrogens (tertiary/aromatic N) is 2. The van der Waals surface area contributed by atoms with Crippen LogP contribution in [0.1, 0.15) is 0 Å². The van der Waals surface area contributed by atoms with Gasteiger partial charge in [-0.3, -0.25) is 9.48 Å². The number of carbonyl (C=O) groups is 1. The SMILES string of the molecule is O=C(O)Cn1cc(-c2cccc(O)c2)cn1. The molecule has 0 amide bonds. The minimum absolute atomic E-state index is 0.168. The molecule has 0 atom stereocenters. The predicted octanol–water partition coefficient (Wildman–Crippen LogP) is 1.34. The molecule has 0 saturated heterocycles. The van der Waals surface area contributed by atoms with Crippen molar-refractivity contribution in [3.63, 3.8) is 0 Å². The van der Waals surface area contributed by atoms with E-state index < -0.39 is 5.97 Å². The Bertz CT molecular complexity index is 519. The summed E-state index contributed by atoms with van der Waals surface area (Å²) in [5.41, 5.74) is 1.58. The first-order valence-corrected chi connectivity index (χ1v) is 4.69. The van der Waals surface area contributed by atoms with Crippen LogP contribution in [-0.4, -0.2) is 26.0 Å². The van der Waals surface area contributed by atoms with Gasteiger partial charge in [-0.1, -0.05) is 12.1 Å². The van der Waals surface area contributed by atoms with Crippen LogP contribution in [-0.2, 0) is 11.3 Å². The van der Waals surface area contributed by atoms with Gasteiger partial charge in [0.25, 0.3) is 0 Å². The number of carboxylic acid groups (broad SMARTS) is 1. The molecule has 5 heteroatoms. The molecule has 0 saturated carbocycles. The van der Waals surface area contributed by atoms with Crippen molar-refractivity contribution < 1.29 is 15.0 Å². The van der Waals surface area contributed by atoms with Crippen molar-refractivity contribution in [2.24, 2.45) is 0 Å². The standard InChI is InChI=1S/C11H10N2O3/c14-10-3-1-2-8(4-10)9-5-12-13(6-9)7-11(15)16/h1-6,14H,7H2,(H,15,16). The predicted molar refractivity (Wildman–Crippen MR) is 57.0 cm³/mol. The first-order chi connectivity index (χ1) is 7.65. The van der Waals surface area contributed by atoms with Crippen molar-refractivity contribution in [1.82, 2.24) is 9.78 Å². The van der Waals surface area contributed by atoms with E-state index in [1.165, 1.54) is 4.68 Å². The summed E-state index contributed by atoms with van der Waals surface area (Å²) in [6.45, 7) is -0.168. The van der Waals surface area contributed by atoms with Gasteiger partial charge in [-0.25, -0.2) is 0 Å². The van der Waals surface area contributed by atoms with E-state index in [2.05, 4.69) is 5.10 Å². The Morgan fingerprint density at radius 1 is 1.38 bits per heavy atom. The molecule has 2 aromatic rings. The minimum Gasteiger partial charge on any atom is -0.508 e. The van der Waals surface area contributed by atoms with E-state index in [1.54, 1.807) is 30.6 Å². The number of carboxylic acids is 1. The van der Waals surface area contributed by atoms with E-state index in [4.69, 9.17) is 5.11 Å². The molecular weight excluding hydrogens is 208 g/mol. The van der Waals surface area contributed by atoms with Gasteiger partial charge in [-0.15, -0.1) is 0 Å². The van der Waals surface area contributed by atoms with Crippen molar-refractivity contribution >= 4 is 5.97 Å². The third-order valence-corrected chi connectivity index (χ3v) is 2.11. The highest BCUT2D eigenvalue weighted by molar-refractivity contribution is 5.67.